The number of aliphatic carboxylic acids is 1. The number of carboxylic acids is 1. The lowest BCUT2D eigenvalue weighted by Gasteiger charge is -2.17. The molecule has 1 fully saturated rings. The Morgan fingerprint density at radius 2 is 2.15 bits per heavy atom. The molecule has 3 rings (SSSR count). The Morgan fingerprint density at radius 1 is 1.45 bits per heavy atom. The summed E-state index contributed by atoms with van der Waals surface area (Å²) in [7, 11) is 1.79. The highest BCUT2D eigenvalue weighted by Crippen LogP contribution is 2.46. The van der Waals surface area contributed by atoms with E-state index in [-0.39, 0.29) is 24.2 Å². The minimum atomic E-state index is -0.747. The number of amides is 1. The number of hydrogen-bond donors (Lipinski definition) is 1. The summed E-state index contributed by atoms with van der Waals surface area (Å²) < 4.78 is 0. The van der Waals surface area contributed by atoms with Crippen LogP contribution in [0.2, 0.25) is 0 Å². The summed E-state index contributed by atoms with van der Waals surface area (Å²) in [6.07, 6.45) is 2.41. The first kappa shape index (κ1) is 13.2. The van der Waals surface area contributed by atoms with Crippen molar-refractivity contribution in [2.45, 2.75) is 38.0 Å². The van der Waals surface area contributed by atoms with Gasteiger partial charge in [0.15, 0.2) is 0 Å². The molecule has 0 radical (unpaired) electrons. The summed E-state index contributed by atoms with van der Waals surface area (Å²) in [5.41, 5.74) is 3.06. The van der Waals surface area contributed by atoms with Gasteiger partial charge in [0.1, 0.15) is 0 Å². The zero-order valence-electron chi connectivity index (χ0n) is 11.8. The zero-order chi connectivity index (χ0) is 14.4. The van der Waals surface area contributed by atoms with Gasteiger partial charge in [-0.1, -0.05) is 12.1 Å². The second-order valence-electron chi connectivity index (χ2n) is 5.98. The van der Waals surface area contributed by atoms with Crippen molar-refractivity contribution in [3.63, 3.8) is 0 Å². The molecule has 1 amide bonds. The van der Waals surface area contributed by atoms with E-state index in [9.17, 15) is 9.59 Å². The molecule has 4 heteroatoms. The van der Waals surface area contributed by atoms with Crippen LogP contribution in [-0.2, 0) is 9.59 Å². The number of fused-ring (bicyclic) bond motifs is 1. The number of anilines is 1. The maximum Gasteiger partial charge on any atom is 0.303 e. The van der Waals surface area contributed by atoms with E-state index in [2.05, 4.69) is 0 Å². The third-order valence-electron chi connectivity index (χ3n) is 4.59. The van der Waals surface area contributed by atoms with Crippen molar-refractivity contribution in [1.82, 2.24) is 0 Å². The van der Waals surface area contributed by atoms with E-state index in [0.717, 1.165) is 29.7 Å². The average Bonchev–Trinajstić information content (AvgIpc) is 3.23. The van der Waals surface area contributed by atoms with E-state index < -0.39 is 5.97 Å². The first-order valence-electron chi connectivity index (χ1n) is 7.12. The Bertz CT molecular complexity index is 577. The Kier molecular flexibility index (Phi) is 3.04. The molecule has 106 valence electrons. The van der Waals surface area contributed by atoms with Crippen LogP contribution in [0.3, 0.4) is 0 Å². The van der Waals surface area contributed by atoms with Crippen LogP contribution in [0.5, 0.6) is 0 Å². The van der Waals surface area contributed by atoms with E-state index in [4.69, 9.17) is 5.11 Å². The Morgan fingerprint density at radius 3 is 2.75 bits per heavy atom. The molecule has 2 unspecified atom stereocenters. The summed E-state index contributed by atoms with van der Waals surface area (Å²) in [4.78, 5) is 24.7. The van der Waals surface area contributed by atoms with Crippen LogP contribution in [0.15, 0.2) is 18.2 Å². The molecule has 1 heterocycles. The normalized spacial score (nSPS) is 22.8. The Labute approximate surface area is 118 Å². The van der Waals surface area contributed by atoms with Gasteiger partial charge in [-0.15, -0.1) is 0 Å². The monoisotopic (exact) mass is 273 g/mol. The predicted molar refractivity (Wildman–Crippen MR) is 76.0 cm³/mol. The standard InChI is InChI=1S/C16H19NO3/c1-9-12-7-11(5-6-14(12)17(2)16(9)20)13(8-15(18)19)10-3-4-10/h5-7,9-10,13H,3-4,8H2,1-2H3,(H,18,19). The van der Waals surface area contributed by atoms with E-state index in [0.29, 0.717) is 5.92 Å². The van der Waals surface area contributed by atoms with Gasteiger partial charge in [0.2, 0.25) is 5.91 Å². The molecule has 0 aromatic heterocycles. The largest absolute Gasteiger partial charge is 0.481 e. The maximum absolute atomic E-state index is 12.0. The van der Waals surface area contributed by atoms with Gasteiger partial charge in [0.25, 0.3) is 0 Å². The topological polar surface area (TPSA) is 57.6 Å². The Hall–Kier alpha value is -1.84. The van der Waals surface area contributed by atoms with E-state index >= 15 is 0 Å². The molecule has 2 aliphatic rings. The summed E-state index contributed by atoms with van der Waals surface area (Å²) >= 11 is 0. The van der Waals surface area contributed by atoms with E-state index in [1.54, 1.807) is 11.9 Å². The second-order valence-corrected chi connectivity index (χ2v) is 5.98. The second kappa shape index (κ2) is 4.62. The highest BCUT2D eigenvalue weighted by atomic mass is 16.4. The molecule has 1 N–H and O–H groups in total. The molecule has 1 aliphatic heterocycles. The molecule has 1 saturated carbocycles. The summed E-state index contributed by atoms with van der Waals surface area (Å²) in [6.45, 7) is 1.91. The fourth-order valence-corrected chi connectivity index (χ4v) is 3.24. The molecular weight excluding hydrogens is 254 g/mol. The van der Waals surface area contributed by atoms with Gasteiger partial charge in [0.05, 0.1) is 12.3 Å². The fraction of sp³-hybridized carbons (Fsp3) is 0.500. The van der Waals surface area contributed by atoms with Crippen molar-refractivity contribution in [2.75, 3.05) is 11.9 Å². The molecule has 1 aromatic rings. The van der Waals surface area contributed by atoms with Crippen LogP contribution < -0.4 is 4.90 Å². The average molecular weight is 273 g/mol. The first-order valence-corrected chi connectivity index (χ1v) is 7.12. The Balaban J connectivity index is 1.96. The maximum atomic E-state index is 12.0. The van der Waals surface area contributed by atoms with Crippen LogP contribution in [0.4, 0.5) is 5.69 Å². The van der Waals surface area contributed by atoms with Crippen LogP contribution in [-0.4, -0.2) is 24.0 Å². The minimum absolute atomic E-state index is 0.0889. The van der Waals surface area contributed by atoms with E-state index in [1.165, 1.54) is 0 Å². The molecule has 0 saturated heterocycles. The summed E-state index contributed by atoms with van der Waals surface area (Å²) in [5, 5.41) is 9.09. The van der Waals surface area contributed by atoms with Crippen LogP contribution in [0.1, 0.15) is 49.1 Å². The lowest BCUT2D eigenvalue weighted by atomic mass is 9.88. The fourth-order valence-electron chi connectivity index (χ4n) is 3.24. The van der Waals surface area contributed by atoms with Gasteiger partial charge in [-0.05, 0) is 48.8 Å². The van der Waals surface area contributed by atoms with Crippen molar-refractivity contribution in [2.24, 2.45) is 5.92 Å². The van der Waals surface area contributed by atoms with Crippen LogP contribution in [0.25, 0.3) is 0 Å². The molecule has 20 heavy (non-hydrogen) atoms. The first-order chi connectivity index (χ1) is 9.49. The molecule has 1 aromatic carbocycles. The van der Waals surface area contributed by atoms with Crippen molar-refractivity contribution in [1.29, 1.82) is 0 Å². The van der Waals surface area contributed by atoms with Gasteiger partial charge in [0, 0.05) is 12.7 Å². The lowest BCUT2D eigenvalue weighted by molar-refractivity contribution is -0.137. The summed E-state index contributed by atoms with van der Waals surface area (Å²) in [6, 6.07) is 6.00. The van der Waals surface area contributed by atoms with Gasteiger partial charge in [-0.3, -0.25) is 9.59 Å². The number of likely N-dealkylation sites (N-methyl/N-ethyl adjacent to an activating group) is 1. The highest BCUT2D eigenvalue weighted by molar-refractivity contribution is 6.04. The van der Waals surface area contributed by atoms with E-state index in [1.807, 2.05) is 25.1 Å². The van der Waals surface area contributed by atoms with Crippen molar-refractivity contribution < 1.29 is 14.7 Å². The highest BCUT2D eigenvalue weighted by Gasteiger charge is 2.36. The SMILES string of the molecule is CC1C(=O)N(C)c2ccc(C(CC(=O)O)C3CC3)cc21. The van der Waals surface area contributed by atoms with Crippen molar-refractivity contribution in [3.05, 3.63) is 29.3 Å². The number of benzene rings is 1. The predicted octanol–water partition coefficient (Wildman–Crippen LogP) is 2.73. The van der Waals surface area contributed by atoms with Crippen LogP contribution >= 0.6 is 0 Å². The molecule has 2 atom stereocenters. The minimum Gasteiger partial charge on any atom is -0.481 e. The molecule has 0 spiro atoms. The van der Waals surface area contributed by atoms with Crippen molar-refractivity contribution in [3.8, 4) is 0 Å². The number of carbonyl (C=O) groups excluding carboxylic acids is 1. The van der Waals surface area contributed by atoms with Gasteiger partial charge < -0.3 is 10.0 Å². The van der Waals surface area contributed by atoms with Crippen molar-refractivity contribution >= 4 is 17.6 Å². The smallest absolute Gasteiger partial charge is 0.303 e. The van der Waals surface area contributed by atoms with Gasteiger partial charge in [-0.2, -0.15) is 0 Å². The quantitative estimate of drug-likeness (QED) is 0.917. The number of nitrogens with zero attached hydrogens (tertiary/aromatic N) is 1. The third kappa shape index (κ3) is 2.09. The summed E-state index contributed by atoms with van der Waals surface area (Å²) in [5.74, 6) is -0.179. The lowest BCUT2D eigenvalue weighted by Crippen LogP contribution is -2.22. The molecular formula is C16H19NO3. The zero-order valence-corrected chi connectivity index (χ0v) is 11.8. The number of carboxylic acid groups (broad SMARTS) is 1. The van der Waals surface area contributed by atoms with Crippen LogP contribution in [0, 0.1) is 5.92 Å². The molecule has 4 nitrogen and oxygen atoms in total. The van der Waals surface area contributed by atoms with Gasteiger partial charge >= 0.3 is 5.97 Å². The van der Waals surface area contributed by atoms with Gasteiger partial charge in [-0.25, -0.2) is 0 Å². The number of hydrogen-bond acceptors (Lipinski definition) is 2. The number of carbonyl (C=O) groups is 2. The third-order valence-corrected chi connectivity index (χ3v) is 4.59. The molecule has 1 aliphatic carbocycles. The number of rotatable bonds is 4. The molecule has 0 bridgehead atoms.